The first-order valence-corrected chi connectivity index (χ1v) is 4.47. The Labute approximate surface area is 71.1 Å². The summed E-state index contributed by atoms with van der Waals surface area (Å²) in [6, 6.07) is 0. The first kappa shape index (κ1) is 10.8. The molecule has 2 unspecified atom stereocenters. The topological polar surface area (TPSA) is 46.5 Å². The van der Waals surface area contributed by atoms with Crippen LogP contribution in [-0.2, 0) is 4.74 Å². The maximum atomic E-state index is 10.8. The van der Waals surface area contributed by atoms with E-state index in [1.807, 2.05) is 0 Å². The average molecular weight is 178 g/mol. The highest BCUT2D eigenvalue weighted by Gasteiger charge is 2.14. The van der Waals surface area contributed by atoms with Gasteiger partial charge in [0.25, 0.3) is 0 Å². The maximum absolute atomic E-state index is 10.8. The minimum atomic E-state index is -0.482. The Bertz CT molecular complexity index is 125. The highest BCUT2D eigenvalue weighted by Crippen LogP contribution is 2.16. The minimum absolute atomic E-state index is 0.103. The molecule has 66 valence electrons. The molecule has 0 saturated heterocycles. The average Bonchev–Trinajstić information content (AvgIpc) is 1.87. The molecule has 0 aromatic heterocycles. The van der Waals surface area contributed by atoms with Gasteiger partial charge in [0.05, 0.1) is 12.7 Å². The van der Waals surface area contributed by atoms with Crippen molar-refractivity contribution in [3.05, 3.63) is 0 Å². The van der Waals surface area contributed by atoms with E-state index in [0.29, 0.717) is 6.61 Å². The van der Waals surface area contributed by atoms with Crippen LogP contribution in [0, 0.1) is 0 Å². The molecule has 0 amide bonds. The van der Waals surface area contributed by atoms with Gasteiger partial charge >= 0.3 is 5.30 Å². The molecule has 1 N–H and O–H groups in total. The van der Waals surface area contributed by atoms with Crippen LogP contribution in [0.5, 0.6) is 0 Å². The van der Waals surface area contributed by atoms with Gasteiger partial charge in [-0.05, 0) is 25.6 Å². The van der Waals surface area contributed by atoms with Crippen molar-refractivity contribution in [1.29, 1.82) is 0 Å². The smallest absolute Gasteiger partial charge is 0.367 e. The zero-order valence-corrected chi connectivity index (χ0v) is 7.85. The number of hydrogen-bond acceptors (Lipinski definition) is 4. The summed E-state index contributed by atoms with van der Waals surface area (Å²) in [6.07, 6.45) is -0.482. The van der Waals surface area contributed by atoms with Crippen LogP contribution >= 0.6 is 11.8 Å². The van der Waals surface area contributed by atoms with Crippen molar-refractivity contribution in [2.45, 2.75) is 32.1 Å². The van der Waals surface area contributed by atoms with E-state index >= 15 is 0 Å². The number of aliphatic hydroxyl groups excluding tert-OH is 1. The van der Waals surface area contributed by atoms with Gasteiger partial charge in [0.15, 0.2) is 0 Å². The van der Waals surface area contributed by atoms with Crippen LogP contribution in [0.3, 0.4) is 0 Å². The first-order chi connectivity index (χ1) is 5.07. The number of thioether (sulfide) groups is 1. The highest BCUT2D eigenvalue weighted by atomic mass is 32.2. The molecule has 4 heteroatoms. The van der Waals surface area contributed by atoms with Crippen molar-refractivity contribution in [2.24, 2.45) is 0 Å². The second kappa shape index (κ2) is 5.43. The molecule has 0 radical (unpaired) electrons. The van der Waals surface area contributed by atoms with Gasteiger partial charge in [0.1, 0.15) is 0 Å². The molecule has 0 aliphatic heterocycles. The number of aliphatic hydroxyl groups is 1. The van der Waals surface area contributed by atoms with E-state index in [1.54, 1.807) is 20.8 Å². The van der Waals surface area contributed by atoms with E-state index in [2.05, 4.69) is 4.74 Å². The van der Waals surface area contributed by atoms with Crippen molar-refractivity contribution >= 4 is 17.1 Å². The molecule has 0 saturated carbocycles. The molecule has 0 aromatic rings. The summed E-state index contributed by atoms with van der Waals surface area (Å²) in [5.74, 6) is 0. The summed E-state index contributed by atoms with van der Waals surface area (Å²) in [7, 11) is 0. The second-order valence-corrected chi connectivity index (χ2v) is 3.56. The molecular weight excluding hydrogens is 164 g/mol. The molecular formula is C7H14O3S. The Morgan fingerprint density at radius 1 is 1.64 bits per heavy atom. The molecule has 0 heterocycles. The number of rotatable bonds is 3. The Morgan fingerprint density at radius 3 is 2.55 bits per heavy atom. The Hall–Kier alpha value is -0.220. The van der Waals surface area contributed by atoms with Crippen molar-refractivity contribution in [3.8, 4) is 0 Å². The summed E-state index contributed by atoms with van der Waals surface area (Å²) in [6.45, 7) is 5.58. The highest BCUT2D eigenvalue weighted by molar-refractivity contribution is 8.13. The van der Waals surface area contributed by atoms with Crippen LogP contribution in [0.2, 0.25) is 0 Å². The van der Waals surface area contributed by atoms with Crippen LogP contribution in [0.25, 0.3) is 0 Å². The second-order valence-electron chi connectivity index (χ2n) is 2.25. The number of hydrogen-bond donors (Lipinski definition) is 1. The van der Waals surface area contributed by atoms with Gasteiger partial charge in [-0.25, -0.2) is 4.79 Å². The summed E-state index contributed by atoms with van der Waals surface area (Å²) < 4.78 is 4.68. The molecule has 0 aliphatic rings. The van der Waals surface area contributed by atoms with E-state index in [1.165, 1.54) is 0 Å². The number of carbonyl (C=O) groups excluding carboxylic acids is 1. The monoisotopic (exact) mass is 178 g/mol. The fourth-order valence-corrected chi connectivity index (χ4v) is 1.09. The van der Waals surface area contributed by atoms with Gasteiger partial charge in [-0.3, -0.25) is 0 Å². The molecule has 0 bridgehead atoms. The van der Waals surface area contributed by atoms with Crippen LogP contribution < -0.4 is 0 Å². The van der Waals surface area contributed by atoms with E-state index in [9.17, 15) is 4.79 Å². The summed E-state index contributed by atoms with van der Waals surface area (Å²) in [5.41, 5.74) is 0. The van der Waals surface area contributed by atoms with E-state index in [0.717, 1.165) is 11.8 Å². The van der Waals surface area contributed by atoms with E-state index in [-0.39, 0.29) is 10.6 Å². The molecule has 0 aromatic carbocycles. The zero-order chi connectivity index (χ0) is 8.85. The lowest BCUT2D eigenvalue weighted by Gasteiger charge is -2.11. The lowest BCUT2D eigenvalue weighted by molar-refractivity contribution is 0.178. The number of carbonyl (C=O) groups is 1. The quantitative estimate of drug-likeness (QED) is 0.667. The van der Waals surface area contributed by atoms with Gasteiger partial charge in [-0.15, -0.1) is 0 Å². The van der Waals surface area contributed by atoms with Gasteiger partial charge in [0.2, 0.25) is 0 Å². The molecule has 3 nitrogen and oxygen atoms in total. The van der Waals surface area contributed by atoms with Crippen molar-refractivity contribution in [3.63, 3.8) is 0 Å². The van der Waals surface area contributed by atoms with Crippen LogP contribution in [-0.4, -0.2) is 28.4 Å². The Balaban J connectivity index is 3.57. The van der Waals surface area contributed by atoms with Crippen molar-refractivity contribution in [2.75, 3.05) is 6.61 Å². The Morgan fingerprint density at radius 2 is 2.18 bits per heavy atom. The van der Waals surface area contributed by atoms with Crippen LogP contribution in [0.4, 0.5) is 4.79 Å². The maximum Gasteiger partial charge on any atom is 0.367 e. The SMILES string of the molecule is CCOC(=O)SC(C)C(C)O. The van der Waals surface area contributed by atoms with E-state index in [4.69, 9.17) is 5.11 Å². The molecule has 0 aliphatic carbocycles. The van der Waals surface area contributed by atoms with Gasteiger partial charge in [-0.2, -0.15) is 0 Å². The predicted molar refractivity (Wildman–Crippen MR) is 45.8 cm³/mol. The first-order valence-electron chi connectivity index (χ1n) is 3.59. The predicted octanol–water partition coefficient (Wildman–Crippen LogP) is 1.65. The minimum Gasteiger partial charge on any atom is -0.458 e. The summed E-state index contributed by atoms with van der Waals surface area (Å²) >= 11 is 1.02. The van der Waals surface area contributed by atoms with Crippen LogP contribution in [0.1, 0.15) is 20.8 Å². The number of ether oxygens (including phenoxy) is 1. The van der Waals surface area contributed by atoms with Crippen molar-refractivity contribution < 1.29 is 14.6 Å². The standard InChI is InChI=1S/C7H14O3S/c1-4-10-7(9)11-6(3)5(2)8/h5-6,8H,4H2,1-3H3. The lowest BCUT2D eigenvalue weighted by atomic mass is 10.3. The molecule has 11 heavy (non-hydrogen) atoms. The third-order valence-electron chi connectivity index (χ3n) is 1.22. The largest absolute Gasteiger partial charge is 0.458 e. The third kappa shape index (κ3) is 5.09. The fourth-order valence-electron chi connectivity index (χ4n) is 0.402. The summed E-state index contributed by atoms with van der Waals surface area (Å²) in [5, 5.41) is 8.59. The zero-order valence-electron chi connectivity index (χ0n) is 7.03. The third-order valence-corrected chi connectivity index (χ3v) is 2.30. The molecule has 0 rings (SSSR count). The van der Waals surface area contributed by atoms with Gasteiger partial charge in [0, 0.05) is 5.25 Å². The molecule has 0 spiro atoms. The van der Waals surface area contributed by atoms with E-state index < -0.39 is 6.10 Å². The van der Waals surface area contributed by atoms with Crippen molar-refractivity contribution in [1.82, 2.24) is 0 Å². The molecule has 2 atom stereocenters. The van der Waals surface area contributed by atoms with Gasteiger partial charge < -0.3 is 9.84 Å². The summed E-state index contributed by atoms with van der Waals surface area (Å²) in [4.78, 5) is 10.8. The Kier molecular flexibility index (Phi) is 5.32. The fraction of sp³-hybridized carbons (Fsp3) is 0.857. The van der Waals surface area contributed by atoms with Crippen LogP contribution in [0.15, 0.2) is 0 Å². The lowest BCUT2D eigenvalue weighted by Crippen LogP contribution is -2.17. The normalized spacial score (nSPS) is 15.6. The van der Waals surface area contributed by atoms with Gasteiger partial charge in [-0.1, -0.05) is 6.92 Å². The molecule has 0 fully saturated rings.